The summed E-state index contributed by atoms with van der Waals surface area (Å²) < 4.78 is 53.3. The van der Waals surface area contributed by atoms with E-state index in [1.54, 1.807) is 23.0 Å². The smallest absolute Gasteiger partial charge is 0.433 e. The van der Waals surface area contributed by atoms with Crippen molar-refractivity contribution in [2.24, 2.45) is 0 Å². The number of piperidine rings is 1. The van der Waals surface area contributed by atoms with E-state index in [-0.39, 0.29) is 11.9 Å². The summed E-state index contributed by atoms with van der Waals surface area (Å²) in [4.78, 5) is 10.6. The standard InChI is InChI=1S/C27H27F3N6O2/c1-16-9-21(23(13-31-16)38-19-10-17-14-37-15-18(11-19)35(17)2)20-5-4-8-36-22(20)12-26(34-36)33-25-7-3-6-24(32-25)27(28,29)30/h3-9,12-13,17-19H,10-11,14-15H2,1-2H3,(H,32,33,34). The molecule has 0 radical (unpaired) electrons. The Morgan fingerprint density at radius 1 is 1.03 bits per heavy atom. The zero-order chi connectivity index (χ0) is 26.4. The van der Waals surface area contributed by atoms with Gasteiger partial charge in [0.25, 0.3) is 0 Å². The first-order chi connectivity index (χ1) is 18.2. The van der Waals surface area contributed by atoms with E-state index in [1.807, 2.05) is 25.1 Å². The van der Waals surface area contributed by atoms with Crippen LogP contribution in [-0.2, 0) is 10.9 Å². The highest BCUT2D eigenvalue weighted by Gasteiger charge is 2.38. The highest BCUT2D eigenvalue weighted by molar-refractivity contribution is 5.85. The maximum absolute atomic E-state index is 13.1. The molecule has 1 N–H and O–H groups in total. The van der Waals surface area contributed by atoms with Crippen molar-refractivity contribution < 1.29 is 22.6 Å². The van der Waals surface area contributed by atoms with E-state index in [0.717, 1.165) is 41.2 Å². The molecule has 2 atom stereocenters. The summed E-state index contributed by atoms with van der Waals surface area (Å²) in [7, 11) is 2.15. The van der Waals surface area contributed by atoms with Gasteiger partial charge in [-0.2, -0.15) is 18.3 Å². The number of pyridine rings is 3. The number of aromatic nitrogens is 4. The molecule has 0 saturated carbocycles. The molecule has 2 unspecified atom stereocenters. The Balaban J connectivity index is 1.31. The predicted molar refractivity (Wildman–Crippen MR) is 135 cm³/mol. The Morgan fingerprint density at radius 2 is 1.82 bits per heavy atom. The Bertz CT molecular complexity index is 1460. The van der Waals surface area contributed by atoms with Crippen molar-refractivity contribution in [2.75, 3.05) is 25.6 Å². The molecule has 2 saturated heterocycles. The third-order valence-electron chi connectivity index (χ3n) is 7.23. The third-order valence-corrected chi connectivity index (χ3v) is 7.23. The van der Waals surface area contributed by atoms with Crippen LogP contribution in [0.1, 0.15) is 24.2 Å². The van der Waals surface area contributed by atoms with Crippen molar-refractivity contribution in [3.8, 4) is 16.9 Å². The molecule has 198 valence electrons. The lowest BCUT2D eigenvalue weighted by atomic mass is 9.92. The third kappa shape index (κ3) is 4.79. The molecule has 2 aliphatic heterocycles. The van der Waals surface area contributed by atoms with Gasteiger partial charge < -0.3 is 14.8 Å². The minimum absolute atomic E-state index is 0.0437. The molecule has 11 heteroatoms. The van der Waals surface area contributed by atoms with Crippen LogP contribution in [0.25, 0.3) is 16.6 Å². The number of morpholine rings is 1. The zero-order valence-corrected chi connectivity index (χ0v) is 20.9. The summed E-state index contributed by atoms with van der Waals surface area (Å²) in [6.07, 6.45) is 0.808. The fourth-order valence-corrected chi connectivity index (χ4v) is 5.27. The largest absolute Gasteiger partial charge is 0.488 e. The Kier molecular flexibility index (Phi) is 6.19. The second-order valence-corrected chi connectivity index (χ2v) is 9.86. The summed E-state index contributed by atoms with van der Waals surface area (Å²) >= 11 is 0. The Labute approximate surface area is 217 Å². The van der Waals surface area contributed by atoms with Crippen LogP contribution >= 0.6 is 0 Å². The molecule has 4 aromatic rings. The number of fused-ring (bicyclic) bond motifs is 3. The number of hydrogen-bond donors (Lipinski definition) is 1. The van der Waals surface area contributed by atoms with E-state index in [9.17, 15) is 13.2 Å². The minimum atomic E-state index is -4.53. The van der Waals surface area contributed by atoms with Crippen LogP contribution in [0.15, 0.2) is 54.9 Å². The van der Waals surface area contributed by atoms with Crippen LogP contribution in [0.3, 0.4) is 0 Å². The normalized spacial score (nSPS) is 22.0. The number of aryl methyl sites for hydroxylation is 1. The van der Waals surface area contributed by atoms with E-state index in [0.29, 0.717) is 36.9 Å². The van der Waals surface area contributed by atoms with Crippen molar-refractivity contribution in [1.29, 1.82) is 0 Å². The highest BCUT2D eigenvalue weighted by atomic mass is 19.4. The van der Waals surface area contributed by atoms with Crippen molar-refractivity contribution >= 4 is 17.2 Å². The first-order valence-corrected chi connectivity index (χ1v) is 12.5. The number of nitrogens with one attached hydrogen (secondary N) is 1. The average Bonchev–Trinajstić information content (AvgIpc) is 3.28. The van der Waals surface area contributed by atoms with E-state index in [2.05, 4.69) is 32.3 Å². The maximum atomic E-state index is 13.1. The highest BCUT2D eigenvalue weighted by Crippen LogP contribution is 2.37. The van der Waals surface area contributed by atoms with E-state index in [4.69, 9.17) is 9.47 Å². The predicted octanol–water partition coefficient (Wildman–Crippen LogP) is 5.10. The van der Waals surface area contributed by atoms with Gasteiger partial charge in [0.1, 0.15) is 23.4 Å². The Morgan fingerprint density at radius 3 is 2.58 bits per heavy atom. The maximum Gasteiger partial charge on any atom is 0.433 e. The lowest BCUT2D eigenvalue weighted by Gasteiger charge is -2.46. The van der Waals surface area contributed by atoms with Gasteiger partial charge in [-0.1, -0.05) is 12.1 Å². The minimum Gasteiger partial charge on any atom is -0.488 e. The van der Waals surface area contributed by atoms with Gasteiger partial charge in [0.05, 0.1) is 24.9 Å². The van der Waals surface area contributed by atoms with Crippen molar-refractivity contribution in [3.05, 3.63) is 66.2 Å². The first kappa shape index (κ1) is 24.6. The molecule has 0 spiro atoms. The first-order valence-electron chi connectivity index (χ1n) is 12.5. The van der Waals surface area contributed by atoms with Crippen LogP contribution < -0.4 is 10.1 Å². The fourth-order valence-electron chi connectivity index (χ4n) is 5.27. The van der Waals surface area contributed by atoms with E-state index in [1.165, 1.54) is 12.1 Å². The topological polar surface area (TPSA) is 76.8 Å². The van der Waals surface area contributed by atoms with Crippen LogP contribution in [0.2, 0.25) is 0 Å². The van der Waals surface area contributed by atoms with Crippen LogP contribution in [0, 0.1) is 6.92 Å². The van der Waals surface area contributed by atoms with Gasteiger partial charge in [-0.3, -0.25) is 9.88 Å². The van der Waals surface area contributed by atoms with Crippen molar-refractivity contribution in [2.45, 2.75) is 44.1 Å². The monoisotopic (exact) mass is 524 g/mol. The number of likely N-dealkylation sites (N-methyl/N-ethyl adjacent to an activating group) is 1. The van der Waals surface area contributed by atoms with Gasteiger partial charge in [-0.05, 0) is 38.2 Å². The SMILES string of the molecule is Cc1cc(-c2cccn3nc(Nc4cccc(C(F)(F)F)n4)cc23)c(OC2CC3COCC(C2)N3C)cn1. The number of nitrogens with zero attached hydrogens (tertiary/aromatic N) is 5. The van der Waals surface area contributed by atoms with Gasteiger partial charge in [0.2, 0.25) is 0 Å². The molecular formula is C27H27F3N6O2. The zero-order valence-electron chi connectivity index (χ0n) is 20.9. The van der Waals surface area contributed by atoms with Crippen LogP contribution in [-0.4, -0.2) is 62.9 Å². The van der Waals surface area contributed by atoms with Crippen molar-refractivity contribution in [1.82, 2.24) is 24.5 Å². The molecule has 2 fully saturated rings. The van der Waals surface area contributed by atoms with Crippen LogP contribution in [0.4, 0.5) is 24.8 Å². The van der Waals surface area contributed by atoms with Crippen molar-refractivity contribution in [3.63, 3.8) is 0 Å². The molecule has 8 nitrogen and oxygen atoms in total. The molecule has 2 aliphatic rings. The summed E-state index contributed by atoms with van der Waals surface area (Å²) in [5, 5.41) is 7.41. The number of anilines is 2. The van der Waals surface area contributed by atoms with Crippen LogP contribution in [0.5, 0.6) is 5.75 Å². The number of rotatable bonds is 5. The lowest BCUT2D eigenvalue weighted by molar-refractivity contribution is -0.141. The fraction of sp³-hybridized carbons (Fsp3) is 0.370. The number of alkyl halides is 3. The summed E-state index contributed by atoms with van der Waals surface area (Å²) in [6, 6.07) is 12.0. The molecule has 0 aliphatic carbocycles. The molecule has 6 heterocycles. The summed E-state index contributed by atoms with van der Waals surface area (Å²) in [6.45, 7) is 3.34. The second-order valence-electron chi connectivity index (χ2n) is 9.86. The molecule has 4 aromatic heterocycles. The van der Waals surface area contributed by atoms with Gasteiger partial charge in [-0.15, -0.1) is 0 Å². The molecular weight excluding hydrogens is 497 g/mol. The second kappa shape index (κ2) is 9.55. The molecule has 6 rings (SSSR count). The number of halogens is 3. The number of hydrogen-bond acceptors (Lipinski definition) is 7. The number of ether oxygens (including phenoxy) is 2. The Hall–Kier alpha value is -3.70. The molecule has 0 amide bonds. The van der Waals surface area contributed by atoms with Gasteiger partial charge in [-0.25, -0.2) is 9.50 Å². The van der Waals surface area contributed by atoms with Gasteiger partial charge in [0.15, 0.2) is 5.82 Å². The molecule has 2 bridgehead atoms. The lowest BCUT2D eigenvalue weighted by Crippen LogP contribution is -2.57. The van der Waals surface area contributed by atoms with Gasteiger partial charge >= 0.3 is 6.18 Å². The van der Waals surface area contributed by atoms with E-state index < -0.39 is 11.9 Å². The summed E-state index contributed by atoms with van der Waals surface area (Å²) in [5.74, 6) is 1.12. The van der Waals surface area contributed by atoms with Gasteiger partial charge in [0, 0.05) is 54.0 Å². The summed E-state index contributed by atoms with van der Waals surface area (Å²) in [5.41, 5.74) is 2.40. The molecule has 0 aromatic carbocycles. The average molecular weight is 525 g/mol. The quantitative estimate of drug-likeness (QED) is 0.389. The molecule has 38 heavy (non-hydrogen) atoms. The van der Waals surface area contributed by atoms with E-state index >= 15 is 0 Å².